The third-order valence-electron chi connectivity index (χ3n) is 4.55. The zero-order valence-corrected chi connectivity index (χ0v) is 17.1. The fourth-order valence-corrected chi connectivity index (χ4v) is 3.07. The van der Waals surface area contributed by atoms with E-state index in [4.69, 9.17) is 15.2 Å². The Bertz CT molecular complexity index is 1260. The number of aryl methyl sites for hydroxylation is 1. The van der Waals surface area contributed by atoms with Crippen LogP contribution in [0.1, 0.15) is 23.0 Å². The van der Waals surface area contributed by atoms with Gasteiger partial charge in [0, 0.05) is 11.1 Å². The van der Waals surface area contributed by atoms with Gasteiger partial charge in [-0.1, -0.05) is 30.3 Å². The smallest absolute Gasteiger partial charge is 0.340 e. The van der Waals surface area contributed by atoms with Crippen LogP contribution in [0.4, 0.5) is 17.2 Å². The molecule has 8 nitrogen and oxygen atoms in total. The lowest BCUT2D eigenvalue weighted by molar-refractivity contribution is 0.0527. The molecular formula is C23H21N5O3. The van der Waals surface area contributed by atoms with Gasteiger partial charge < -0.3 is 20.5 Å². The molecular weight excluding hydrogens is 394 g/mol. The van der Waals surface area contributed by atoms with Gasteiger partial charge in [-0.3, -0.25) is 0 Å². The molecule has 0 aliphatic heterocycles. The van der Waals surface area contributed by atoms with E-state index in [0.717, 1.165) is 11.1 Å². The van der Waals surface area contributed by atoms with E-state index >= 15 is 0 Å². The summed E-state index contributed by atoms with van der Waals surface area (Å²) >= 11 is 0. The van der Waals surface area contributed by atoms with Crippen molar-refractivity contribution in [3.8, 4) is 11.6 Å². The summed E-state index contributed by atoms with van der Waals surface area (Å²) in [6, 6.07) is 16.5. The Balaban J connectivity index is 1.67. The van der Waals surface area contributed by atoms with Crippen molar-refractivity contribution < 1.29 is 14.3 Å². The second kappa shape index (κ2) is 8.66. The topological polar surface area (TPSA) is 112 Å². The number of para-hydroxylation sites is 2. The highest BCUT2D eigenvalue weighted by molar-refractivity contribution is 5.97. The molecule has 0 fully saturated rings. The average Bonchev–Trinajstić information content (AvgIpc) is 2.77. The maximum atomic E-state index is 12.2. The standard InChI is InChI=1S/C23H21N5O3/c1-3-30-23(29)16-8-4-5-9-17(16)28-21-19(24)22(26-13-25-21)31-18-10-6-7-15-12-11-14(2)27-20(15)18/h4-13H,3,24H2,1-2H3,(H,25,26,28). The maximum absolute atomic E-state index is 12.2. The minimum Gasteiger partial charge on any atom is -0.462 e. The van der Waals surface area contributed by atoms with E-state index in [0.29, 0.717) is 28.3 Å². The first-order valence-electron chi connectivity index (χ1n) is 9.74. The van der Waals surface area contributed by atoms with Crippen molar-refractivity contribution in [1.29, 1.82) is 0 Å². The van der Waals surface area contributed by atoms with Crippen molar-refractivity contribution in [2.75, 3.05) is 17.7 Å². The minimum atomic E-state index is -0.438. The number of carbonyl (C=O) groups excluding carboxylic acids is 1. The molecule has 8 heteroatoms. The molecule has 4 aromatic rings. The Morgan fingerprint density at radius 2 is 1.90 bits per heavy atom. The van der Waals surface area contributed by atoms with Crippen LogP contribution >= 0.6 is 0 Å². The molecule has 2 aromatic heterocycles. The first kappa shape index (κ1) is 20.1. The highest BCUT2D eigenvalue weighted by Gasteiger charge is 2.16. The molecule has 0 bridgehead atoms. The van der Waals surface area contributed by atoms with Crippen LogP contribution < -0.4 is 15.8 Å². The van der Waals surface area contributed by atoms with Gasteiger partial charge in [0.15, 0.2) is 11.6 Å². The van der Waals surface area contributed by atoms with Gasteiger partial charge in [0.1, 0.15) is 17.5 Å². The number of hydrogen-bond donors (Lipinski definition) is 2. The van der Waals surface area contributed by atoms with Gasteiger partial charge in [-0.2, -0.15) is 4.98 Å². The van der Waals surface area contributed by atoms with Gasteiger partial charge in [0.05, 0.1) is 17.9 Å². The minimum absolute atomic E-state index is 0.182. The summed E-state index contributed by atoms with van der Waals surface area (Å²) in [5.74, 6) is 0.587. The number of rotatable bonds is 6. The van der Waals surface area contributed by atoms with E-state index in [1.54, 1.807) is 37.3 Å². The zero-order valence-electron chi connectivity index (χ0n) is 17.1. The fraction of sp³-hybridized carbons (Fsp3) is 0.130. The Morgan fingerprint density at radius 1 is 1.06 bits per heavy atom. The van der Waals surface area contributed by atoms with E-state index in [1.165, 1.54) is 6.33 Å². The molecule has 156 valence electrons. The van der Waals surface area contributed by atoms with E-state index in [-0.39, 0.29) is 18.2 Å². The van der Waals surface area contributed by atoms with E-state index in [2.05, 4.69) is 20.3 Å². The molecule has 2 heterocycles. The number of aromatic nitrogens is 3. The van der Waals surface area contributed by atoms with E-state index in [1.807, 2.05) is 31.2 Å². The molecule has 4 rings (SSSR count). The lowest BCUT2D eigenvalue weighted by Gasteiger charge is -2.14. The molecule has 3 N–H and O–H groups in total. The van der Waals surface area contributed by atoms with Crippen LogP contribution in [-0.2, 0) is 4.74 Å². The van der Waals surface area contributed by atoms with Crippen LogP contribution in [0.15, 0.2) is 60.9 Å². The fourth-order valence-electron chi connectivity index (χ4n) is 3.07. The summed E-state index contributed by atoms with van der Waals surface area (Å²) in [4.78, 5) is 25.2. The van der Waals surface area contributed by atoms with Gasteiger partial charge in [0.25, 0.3) is 0 Å². The third-order valence-corrected chi connectivity index (χ3v) is 4.55. The van der Waals surface area contributed by atoms with E-state index in [9.17, 15) is 4.79 Å². The summed E-state index contributed by atoms with van der Waals surface area (Å²) in [6.45, 7) is 3.95. The second-order valence-electron chi connectivity index (χ2n) is 6.71. The SMILES string of the molecule is CCOC(=O)c1ccccc1Nc1ncnc(Oc2cccc3ccc(C)nc23)c1N. The van der Waals surface area contributed by atoms with Gasteiger partial charge in [-0.15, -0.1) is 0 Å². The number of carbonyl (C=O) groups is 1. The number of fused-ring (bicyclic) bond motifs is 1. The Kier molecular flexibility index (Phi) is 5.61. The van der Waals surface area contributed by atoms with Crippen LogP contribution in [0.3, 0.4) is 0 Å². The lowest BCUT2D eigenvalue weighted by Crippen LogP contribution is -2.09. The zero-order chi connectivity index (χ0) is 21.8. The van der Waals surface area contributed by atoms with Crippen molar-refractivity contribution in [1.82, 2.24) is 15.0 Å². The molecule has 0 radical (unpaired) electrons. The lowest BCUT2D eigenvalue weighted by atomic mass is 10.2. The Labute approximate surface area is 179 Å². The largest absolute Gasteiger partial charge is 0.462 e. The summed E-state index contributed by atoms with van der Waals surface area (Å²) < 4.78 is 11.1. The van der Waals surface area contributed by atoms with Gasteiger partial charge >= 0.3 is 5.97 Å². The number of pyridine rings is 1. The van der Waals surface area contributed by atoms with E-state index < -0.39 is 5.97 Å². The van der Waals surface area contributed by atoms with Crippen molar-refractivity contribution >= 4 is 34.1 Å². The molecule has 2 aromatic carbocycles. The average molecular weight is 415 g/mol. The predicted molar refractivity (Wildman–Crippen MR) is 119 cm³/mol. The highest BCUT2D eigenvalue weighted by atomic mass is 16.5. The van der Waals surface area contributed by atoms with Crippen molar-refractivity contribution in [3.05, 3.63) is 72.2 Å². The quantitative estimate of drug-likeness (QED) is 0.438. The number of benzene rings is 2. The van der Waals surface area contributed by atoms with Crippen molar-refractivity contribution in [2.24, 2.45) is 0 Å². The number of hydrogen-bond acceptors (Lipinski definition) is 8. The number of esters is 1. The summed E-state index contributed by atoms with van der Waals surface area (Å²) in [5.41, 5.74) is 8.96. The van der Waals surface area contributed by atoms with Gasteiger partial charge in [-0.05, 0) is 38.1 Å². The van der Waals surface area contributed by atoms with Crippen molar-refractivity contribution in [2.45, 2.75) is 13.8 Å². The molecule has 0 unspecified atom stereocenters. The summed E-state index contributed by atoms with van der Waals surface area (Å²) in [6.07, 6.45) is 1.34. The Hall–Kier alpha value is -4.20. The number of nitrogens with two attached hydrogens (primary N) is 1. The molecule has 0 aliphatic rings. The highest BCUT2D eigenvalue weighted by Crippen LogP contribution is 2.34. The molecule has 0 amide bonds. The number of nitrogen functional groups attached to an aromatic ring is 1. The van der Waals surface area contributed by atoms with Gasteiger partial charge in [0.2, 0.25) is 5.88 Å². The van der Waals surface area contributed by atoms with Crippen LogP contribution in [0.5, 0.6) is 11.6 Å². The van der Waals surface area contributed by atoms with Crippen LogP contribution in [0, 0.1) is 6.92 Å². The number of nitrogens with one attached hydrogen (secondary N) is 1. The molecule has 0 spiro atoms. The number of anilines is 3. The van der Waals surface area contributed by atoms with Gasteiger partial charge in [-0.25, -0.2) is 14.8 Å². The molecule has 31 heavy (non-hydrogen) atoms. The van der Waals surface area contributed by atoms with Crippen LogP contribution in [-0.4, -0.2) is 27.5 Å². The second-order valence-corrected chi connectivity index (χ2v) is 6.71. The maximum Gasteiger partial charge on any atom is 0.340 e. The molecule has 0 saturated heterocycles. The Morgan fingerprint density at radius 3 is 2.74 bits per heavy atom. The molecule has 0 saturated carbocycles. The molecule has 0 aliphatic carbocycles. The summed E-state index contributed by atoms with van der Waals surface area (Å²) in [7, 11) is 0. The third kappa shape index (κ3) is 4.23. The normalized spacial score (nSPS) is 10.6. The van der Waals surface area contributed by atoms with Crippen LogP contribution in [0.2, 0.25) is 0 Å². The number of nitrogens with zero attached hydrogens (tertiary/aromatic N) is 3. The first-order valence-corrected chi connectivity index (χ1v) is 9.74. The van der Waals surface area contributed by atoms with Crippen molar-refractivity contribution in [3.63, 3.8) is 0 Å². The number of ether oxygens (including phenoxy) is 2. The summed E-state index contributed by atoms with van der Waals surface area (Å²) in [5, 5.41) is 4.02. The van der Waals surface area contributed by atoms with Crippen LogP contribution in [0.25, 0.3) is 10.9 Å². The predicted octanol–water partition coefficient (Wildman–Crippen LogP) is 4.63. The molecule has 0 atom stereocenters. The first-order chi connectivity index (χ1) is 15.1. The monoisotopic (exact) mass is 415 g/mol.